The number of benzene rings is 5. The minimum atomic E-state index is -2.69. The number of rotatable bonds is 10. The standard InChI is InChI=1S/C63H71N3O10S4/c1-64-49-30-77-80-51-31-78-79-50(28-65-21-7-10-32-8-3-2-4-9-32)44-27-46-42-26-43(49)55(69)60(20-19-36-14-15-37-24-41(51)40-25-38(68)16-17-45(40)61(36,37)60)57(42)75-58-54(76-63(73,56(44)70)62(46,58)72)59(71)74-53-48(29-67)66-47-18-13-35-22-33-11-5-6-12-34(33)23-39(35)52(47)53/h2-6,8-9,11-13,16-18,22-23,25,36-37,41-44,46,49-51,54-58,64-70,72-73H,7,10,14-15,19-21,24,26-31H2,1H3. The fourth-order valence-corrected chi connectivity index (χ4v) is 25.8. The van der Waals surface area contributed by atoms with Gasteiger partial charge in [0.25, 0.3) is 0 Å². The fourth-order valence-electron chi connectivity index (χ4n) is 18.7. The summed E-state index contributed by atoms with van der Waals surface area (Å²) in [4.78, 5) is 19.0. The van der Waals surface area contributed by atoms with Gasteiger partial charge in [-0.2, -0.15) is 0 Å². The first kappa shape index (κ1) is 53.2. The number of aryl methyl sites for hydroxylation is 1. The number of phenols is 1. The summed E-state index contributed by atoms with van der Waals surface area (Å²) in [6.45, 7) is 0.759. The summed E-state index contributed by atoms with van der Waals surface area (Å²) in [6, 6.07) is 32.5. The van der Waals surface area contributed by atoms with E-state index in [1.54, 1.807) is 21.6 Å². The number of aromatic hydroxyl groups is 1. The van der Waals surface area contributed by atoms with Crippen LogP contribution in [0.15, 0.2) is 97.1 Å². The van der Waals surface area contributed by atoms with Gasteiger partial charge in [-0.05, 0) is 164 Å². The van der Waals surface area contributed by atoms with E-state index in [0.717, 1.165) is 83.7 Å². The Labute approximate surface area is 481 Å². The van der Waals surface area contributed by atoms with Gasteiger partial charge in [-0.3, -0.25) is 0 Å². The minimum Gasteiger partial charge on any atom is -0.508 e. The van der Waals surface area contributed by atoms with Crippen molar-refractivity contribution < 1.29 is 49.6 Å². The number of H-pyrrole nitrogens is 1. The molecule has 4 saturated carbocycles. The van der Waals surface area contributed by atoms with E-state index in [2.05, 4.69) is 64.1 Å². The Bertz CT molecular complexity index is 3390. The third-order valence-electron chi connectivity index (χ3n) is 21.9. The monoisotopic (exact) mass is 1160 g/mol. The first-order chi connectivity index (χ1) is 38.9. The first-order valence-corrected chi connectivity index (χ1v) is 33.9. The highest BCUT2D eigenvalue weighted by atomic mass is 33.1. The number of hydrogen-bond acceptors (Lipinski definition) is 16. The van der Waals surface area contributed by atoms with E-state index in [9.17, 15) is 30.6 Å². The van der Waals surface area contributed by atoms with Crippen LogP contribution in [0.3, 0.4) is 0 Å². The van der Waals surface area contributed by atoms with Crippen LogP contribution in [0.1, 0.15) is 79.7 Å². The number of aliphatic hydroxyl groups is 5. The van der Waals surface area contributed by atoms with Crippen LogP contribution in [0.25, 0.3) is 32.4 Å². The average molecular weight is 1160 g/mol. The summed E-state index contributed by atoms with van der Waals surface area (Å²) in [5.74, 6) is -3.37. The summed E-state index contributed by atoms with van der Waals surface area (Å²) in [7, 11) is 9.32. The molecule has 2 spiro atoms. The fraction of sp³-hybridized carbons (Fsp3) is 0.540. The van der Waals surface area contributed by atoms with Gasteiger partial charge >= 0.3 is 5.97 Å². The molecule has 0 amide bonds. The Kier molecular flexibility index (Phi) is 13.3. The van der Waals surface area contributed by atoms with Gasteiger partial charge in [0, 0.05) is 63.2 Å². The Morgan fingerprint density at radius 1 is 0.825 bits per heavy atom. The SMILES string of the molecule is CNC1CSSC2CSSC(CNCCCc3ccccc3)C3CC4C5CC1C(O)C1(CCC6CCC7CC2c2cc(O)ccc2C671)C5OC1C(C(=O)Oc2c(CO)[nH]c5ccc6cc7ccccc7cc6c25)OC(O)(C3O)C41O. The molecule has 17 heteroatoms. The highest BCUT2D eigenvalue weighted by Gasteiger charge is 2.84. The third-order valence-corrected chi connectivity index (χ3v) is 28.0. The van der Waals surface area contributed by atoms with Gasteiger partial charge in [-0.15, -0.1) is 0 Å². The van der Waals surface area contributed by atoms with Crippen LogP contribution < -0.4 is 15.4 Å². The molecule has 19 atom stereocenters. The van der Waals surface area contributed by atoms with E-state index in [4.69, 9.17) is 14.2 Å². The second-order valence-electron chi connectivity index (χ2n) is 25.0. The number of carbonyl (C=O) groups excluding carboxylic acids is 1. The number of aromatic nitrogens is 1. The first-order valence-electron chi connectivity index (χ1n) is 29.2. The quantitative estimate of drug-likeness (QED) is 0.0272. The number of ether oxygens (including phenoxy) is 3. The molecule has 1 aromatic heterocycles. The molecule has 0 radical (unpaired) electrons. The van der Waals surface area contributed by atoms with Crippen LogP contribution in [0.4, 0.5) is 0 Å². The molecule has 422 valence electrons. The Balaban J connectivity index is 0.904. The molecule has 80 heavy (non-hydrogen) atoms. The van der Waals surface area contributed by atoms with Gasteiger partial charge in [0.1, 0.15) is 18.0 Å². The molecule has 9 fully saturated rings. The van der Waals surface area contributed by atoms with Crippen LogP contribution in [0.5, 0.6) is 11.5 Å². The summed E-state index contributed by atoms with van der Waals surface area (Å²) in [5, 5.41) is 89.4. The van der Waals surface area contributed by atoms with Crippen molar-refractivity contribution in [2.24, 2.45) is 40.9 Å². The molecule has 5 aliphatic carbocycles. The molecular weight excluding hydrogens is 1090 g/mol. The van der Waals surface area contributed by atoms with E-state index >= 15 is 4.79 Å². The van der Waals surface area contributed by atoms with E-state index in [0.29, 0.717) is 36.7 Å². The molecular formula is C63H71N3O10S4. The van der Waals surface area contributed by atoms with Gasteiger partial charge < -0.3 is 60.5 Å². The lowest BCUT2D eigenvalue weighted by molar-refractivity contribution is -0.381. The maximum absolute atomic E-state index is 15.7. The topological polar surface area (TPSA) is 206 Å². The lowest BCUT2D eigenvalue weighted by Gasteiger charge is -2.69. The predicted octanol–water partition coefficient (Wildman–Crippen LogP) is 8.73. The number of carbonyl (C=O) groups is 1. The zero-order valence-corrected chi connectivity index (χ0v) is 48.0. The molecule has 5 aromatic carbocycles. The minimum absolute atomic E-state index is 0.111. The van der Waals surface area contributed by atoms with Crippen LogP contribution >= 0.6 is 43.2 Å². The number of nitrogens with one attached hydrogen (secondary N) is 3. The zero-order valence-electron chi connectivity index (χ0n) is 44.7. The van der Waals surface area contributed by atoms with Gasteiger partial charge in [-0.1, -0.05) is 110 Å². The van der Waals surface area contributed by atoms with Crippen molar-refractivity contribution in [2.75, 3.05) is 31.6 Å². The number of aliphatic hydroxyl groups excluding tert-OH is 3. The lowest BCUT2D eigenvalue weighted by atomic mass is 9.40. The summed E-state index contributed by atoms with van der Waals surface area (Å²) in [5.41, 5.74) is 0.719. The molecule has 6 aromatic rings. The number of phenolic OH excluding ortho intramolecular Hbond substituents is 1. The highest BCUT2D eigenvalue weighted by molar-refractivity contribution is 8.78. The van der Waals surface area contributed by atoms with Crippen molar-refractivity contribution in [3.05, 3.63) is 119 Å². The van der Waals surface area contributed by atoms with Crippen molar-refractivity contribution in [1.29, 1.82) is 0 Å². The number of esters is 1. The zero-order chi connectivity index (χ0) is 54.5. The van der Waals surface area contributed by atoms with Crippen LogP contribution in [-0.2, 0) is 32.7 Å². The Morgan fingerprint density at radius 2 is 1.62 bits per heavy atom. The van der Waals surface area contributed by atoms with Crippen molar-refractivity contribution in [2.45, 2.75) is 134 Å². The number of aromatic amines is 1. The normalized spacial score (nSPS) is 40.4. The second kappa shape index (κ2) is 20.1. The van der Waals surface area contributed by atoms with Crippen LogP contribution in [0.2, 0.25) is 0 Å². The molecule has 19 unspecified atom stereocenters. The average Bonchev–Trinajstić information content (AvgIpc) is 1.92. The van der Waals surface area contributed by atoms with E-state index in [1.807, 2.05) is 77.2 Å². The van der Waals surface area contributed by atoms with Gasteiger partial charge in [0.05, 0.1) is 35.4 Å². The molecule has 12 aliphatic rings. The largest absolute Gasteiger partial charge is 0.508 e. The summed E-state index contributed by atoms with van der Waals surface area (Å²) in [6.07, 6.45) is 0.476. The van der Waals surface area contributed by atoms with Crippen molar-refractivity contribution in [3.8, 4) is 11.5 Å². The van der Waals surface area contributed by atoms with Gasteiger partial charge in [0.2, 0.25) is 5.79 Å². The van der Waals surface area contributed by atoms with E-state index in [1.165, 1.54) is 11.1 Å². The Hall–Kier alpha value is -3.53. The molecule has 13 nitrogen and oxygen atoms in total. The number of fused-ring (bicyclic) bond motifs is 4. The maximum Gasteiger partial charge on any atom is 0.343 e. The molecule has 5 saturated heterocycles. The van der Waals surface area contributed by atoms with Crippen molar-refractivity contribution in [1.82, 2.24) is 15.6 Å². The molecule has 9 N–H and O–H groups in total. The lowest BCUT2D eigenvalue weighted by Crippen LogP contribution is -2.80. The molecule has 18 rings (SSSR count). The smallest absolute Gasteiger partial charge is 0.343 e. The van der Waals surface area contributed by atoms with Gasteiger partial charge in [0.15, 0.2) is 17.5 Å². The molecule has 9 bridgehead atoms. The number of hydrogen-bond donors (Lipinski definition) is 9. The predicted molar refractivity (Wildman–Crippen MR) is 317 cm³/mol. The molecule has 8 heterocycles. The second-order valence-corrected chi connectivity index (χ2v) is 30.3. The third kappa shape index (κ3) is 7.50. The maximum atomic E-state index is 15.7. The highest BCUT2D eigenvalue weighted by Crippen LogP contribution is 2.78. The van der Waals surface area contributed by atoms with E-state index < -0.39 is 83.1 Å². The summed E-state index contributed by atoms with van der Waals surface area (Å²) < 4.78 is 21.2. The van der Waals surface area contributed by atoms with Crippen molar-refractivity contribution >= 4 is 81.6 Å². The summed E-state index contributed by atoms with van der Waals surface area (Å²) >= 11 is 0. The van der Waals surface area contributed by atoms with Crippen molar-refractivity contribution in [3.63, 3.8) is 0 Å². The van der Waals surface area contributed by atoms with Crippen LogP contribution in [0, 0.1) is 40.9 Å². The van der Waals surface area contributed by atoms with E-state index in [-0.39, 0.29) is 57.4 Å². The molecule has 7 aliphatic heterocycles. The van der Waals surface area contributed by atoms with Gasteiger partial charge in [-0.25, -0.2) is 4.79 Å². The van der Waals surface area contributed by atoms with Crippen LogP contribution in [-0.4, -0.2) is 132 Å². The Morgan fingerprint density at radius 3 is 2.45 bits per heavy atom.